The fourth-order valence-electron chi connectivity index (χ4n) is 2.99. The van der Waals surface area contributed by atoms with Crippen molar-refractivity contribution in [1.29, 1.82) is 0 Å². The van der Waals surface area contributed by atoms with Gasteiger partial charge in [-0.05, 0) is 71.6 Å². The molecule has 0 aromatic heterocycles. The third kappa shape index (κ3) is 13.4. The molecule has 0 fully saturated rings. The number of unbranched alkanes of at least 4 members (excludes halogenated alkanes) is 1. The molecule has 0 aromatic rings. The molecule has 0 unspecified atom stereocenters. The first kappa shape index (κ1) is 24.1. The van der Waals surface area contributed by atoms with Crippen LogP contribution in [0.1, 0.15) is 60.3 Å². The van der Waals surface area contributed by atoms with E-state index in [4.69, 9.17) is 4.43 Å². The molecule has 24 heavy (non-hydrogen) atoms. The van der Waals surface area contributed by atoms with Crippen LogP contribution in [0.3, 0.4) is 0 Å². The summed E-state index contributed by atoms with van der Waals surface area (Å²) in [7, 11) is -0.373. The fourth-order valence-corrected chi connectivity index (χ4v) is 4.24. The second-order valence-corrected chi connectivity index (χ2v) is 7.83. The molecule has 0 heterocycles. The average Bonchev–Trinajstić information content (AvgIpc) is 2.61. The van der Waals surface area contributed by atoms with Gasteiger partial charge in [0.2, 0.25) is 0 Å². The summed E-state index contributed by atoms with van der Waals surface area (Å²) in [5, 5.41) is 0. The lowest BCUT2D eigenvalue weighted by molar-refractivity contribution is 0.227. The van der Waals surface area contributed by atoms with Crippen LogP contribution in [-0.2, 0) is 4.43 Å². The van der Waals surface area contributed by atoms with Gasteiger partial charge in [-0.25, -0.2) is 0 Å². The van der Waals surface area contributed by atoms with Crippen molar-refractivity contribution >= 4 is 9.76 Å². The minimum Gasteiger partial charge on any atom is -0.423 e. The topological polar surface area (TPSA) is 19.0 Å². The van der Waals surface area contributed by atoms with Crippen molar-refractivity contribution in [2.45, 2.75) is 60.3 Å². The van der Waals surface area contributed by atoms with Gasteiger partial charge in [0.25, 0.3) is 0 Å². The Bertz CT molecular complexity index is 231. The third-order valence-corrected chi connectivity index (χ3v) is 6.27. The quantitative estimate of drug-likeness (QED) is 0.277. The van der Waals surface area contributed by atoms with Crippen molar-refractivity contribution < 1.29 is 4.43 Å². The second kappa shape index (κ2) is 17.9. The van der Waals surface area contributed by atoms with Gasteiger partial charge in [0.1, 0.15) is 0 Å². The van der Waals surface area contributed by atoms with E-state index in [0.717, 1.165) is 6.61 Å². The van der Waals surface area contributed by atoms with E-state index in [1.54, 1.807) is 0 Å². The van der Waals surface area contributed by atoms with Gasteiger partial charge >= 0.3 is 0 Å². The molecule has 0 saturated heterocycles. The van der Waals surface area contributed by atoms with Crippen LogP contribution in [0.25, 0.3) is 0 Å². The predicted molar refractivity (Wildman–Crippen MR) is 111 cm³/mol. The number of rotatable bonds is 18. The Balaban J connectivity index is 4.07. The predicted octanol–water partition coefficient (Wildman–Crippen LogP) is 2.61. The van der Waals surface area contributed by atoms with Crippen molar-refractivity contribution in [3.05, 3.63) is 0 Å². The van der Waals surface area contributed by atoms with E-state index < -0.39 is 0 Å². The Labute approximate surface area is 154 Å². The summed E-state index contributed by atoms with van der Waals surface area (Å²) >= 11 is 0. The lowest BCUT2D eigenvalue weighted by Crippen LogP contribution is -2.35. The summed E-state index contributed by atoms with van der Waals surface area (Å²) in [5.41, 5.74) is 0. The molecular weight excluding hydrogens is 314 g/mol. The lowest BCUT2D eigenvalue weighted by atomic mass is 10.3. The first-order valence-electron chi connectivity index (χ1n) is 10.5. The summed E-state index contributed by atoms with van der Waals surface area (Å²) in [6.45, 7) is 21.9. The van der Waals surface area contributed by atoms with Crippen molar-refractivity contribution in [2.24, 2.45) is 0 Å². The highest BCUT2D eigenvalue weighted by Gasteiger charge is 2.08. The number of nitrogens with zero attached hydrogens (tertiary/aromatic N) is 3. The molecule has 0 N–H and O–H groups in total. The SMILES string of the molecule is CCCCO[SiH2]CN(CCCN(CC)CC)CCCN(CC)CC. The van der Waals surface area contributed by atoms with Crippen molar-refractivity contribution in [3.63, 3.8) is 0 Å². The molecule has 0 radical (unpaired) electrons. The molecule has 0 spiro atoms. The molecular formula is C19H45N3OSi. The minimum absolute atomic E-state index is 0.373. The van der Waals surface area contributed by atoms with Gasteiger partial charge in [0, 0.05) is 12.8 Å². The van der Waals surface area contributed by atoms with E-state index >= 15 is 0 Å². The number of hydrogen-bond acceptors (Lipinski definition) is 4. The Morgan fingerprint density at radius 1 is 0.625 bits per heavy atom. The molecule has 0 aromatic carbocycles. The molecule has 5 heteroatoms. The first-order valence-corrected chi connectivity index (χ1v) is 12.0. The van der Waals surface area contributed by atoms with Crippen LogP contribution in [0.15, 0.2) is 0 Å². The van der Waals surface area contributed by atoms with Crippen LogP contribution >= 0.6 is 0 Å². The van der Waals surface area contributed by atoms with E-state index in [0.29, 0.717) is 0 Å². The highest BCUT2D eigenvalue weighted by Crippen LogP contribution is 1.99. The average molecular weight is 360 g/mol. The maximum absolute atomic E-state index is 5.92. The third-order valence-electron chi connectivity index (χ3n) is 4.88. The zero-order valence-corrected chi connectivity index (χ0v) is 18.8. The van der Waals surface area contributed by atoms with Crippen LogP contribution in [0.4, 0.5) is 0 Å². The molecule has 0 rings (SSSR count). The van der Waals surface area contributed by atoms with Gasteiger partial charge in [-0.3, -0.25) is 0 Å². The molecule has 0 bridgehead atoms. The zero-order valence-electron chi connectivity index (χ0n) is 17.4. The standard InChI is InChI=1S/C19H45N3OSi/c1-6-11-18-23-24-19-22(16-12-14-20(7-2)8-3)17-13-15-21(9-4)10-5/h6-19,24H2,1-5H3. The van der Waals surface area contributed by atoms with Gasteiger partial charge in [-0.2, -0.15) is 0 Å². The van der Waals surface area contributed by atoms with Crippen LogP contribution in [0.5, 0.6) is 0 Å². The van der Waals surface area contributed by atoms with E-state index in [1.165, 1.54) is 84.2 Å². The summed E-state index contributed by atoms with van der Waals surface area (Å²) in [6, 6.07) is 0. The maximum Gasteiger partial charge on any atom is 0.175 e. The summed E-state index contributed by atoms with van der Waals surface area (Å²) in [4.78, 5) is 7.73. The normalized spacial score (nSPS) is 12.5. The van der Waals surface area contributed by atoms with Crippen molar-refractivity contribution in [3.8, 4) is 0 Å². The van der Waals surface area contributed by atoms with E-state index in [1.807, 2.05) is 0 Å². The molecule has 0 atom stereocenters. The Hall–Kier alpha value is 0.0569. The second-order valence-electron chi connectivity index (χ2n) is 6.57. The van der Waals surface area contributed by atoms with E-state index in [9.17, 15) is 0 Å². The Kier molecular flexibility index (Phi) is 17.9. The highest BCUT2D eigenvalue weighted by atomic mass is 28.2. The van der Waals surface area contributed by atoms with Gasteiger partial charge in [0.05, 0.1) is 0 Å². The molecule has 0 aliphatic carbocycles. The molecule has 0 aliphatic heterocycles. The monoisotopic (exact) mass is 359 g/mol. The molecule has 0 amide bonds. The van der Waals surface area contributed by atoms with E-state index in [-0.39, 0.29) is 9.76 Å². The van der Waals surface area contributed by atoms with Gasteiger partial charge in [0.15, 0.2) is 9.76 Å². The zero-order chi connectivity index (χ0) is 18.0. The summed E-state index contributed by atoms with van der Waals surface area (Å²) in [5.74, 6) is 0. The van der Waals surface area contributed by atoms with Crippen molar-refractivity contribution in [1.82, 2.24) is 14.7 Å². The molecule has 4 nitrogen and oxygen atoms in total. The van der Waals surface area contributed by atoms with Crippen LogP contribution in [0.2, 0.25) is 0 Å². The van der Waals surface area contributed by atoms with E-state index in [2.05, 4.69) is 49.3 Å². The largest absolute Gasteiger partial charge is 0.423 e. The Morgan fingerprint density at radius 3 is 1.50 bits per heavy atom. The molecule has 0 saturated carbocycles. The minimum atomic E-state index is -0.373. The highest BCUT2D eigenvalue weighted by molar-refractivity contribution is 6.27. The van der Waals surface area contributed by atoms with Crippen LogP contribution in [-0.4, -0.2) is 89.6 Å². The van der Waals surface area contributed by atoms with Gasteiger partial charge in [-0.1, -0.05) is 41.0 Å². The molecule has 146 valence electrons. The van der Waals surface area contributed by atoms with Crippen LogP contribution in [0, 0.1) is 0 Å². The molecule has 0 aliphatic rings. The number of hydrogen-bond donors (Lipinski definition) is 0. The lowest BCUT2D eigenvalue weighted by Gasteiger charge is -2.26. The maximum atomic E-state index is 5.92. The van der Waals surface area contributed by atoms with Gasteiger partial charge in [-0.15, -0.1) is 0 Å². The van der Waals surface area contributed by atoms with Crippen LogP contribution < -0.4 is 0 Å². The van der Waals surface area contributed by atoms with Gasteiger partial charge < -0.3 is 19.1 Å². The summed E-state index contributed by atoms with van der Waals surface area (Å²) in [6.07, 6.45) is 6.26. The summed E-state index contributed by atoms with van der Waals surface area (Å²) < 4.78 is 5.92. The Morgan fingerprint density at radius 2 is 1.08 bits per heavy atom. The smallest absolute Gasteiger partial charge is 0.175 e. The van der Waals surface area contributed by atoms with Crippen molar-refractivity contribution in [2.75, 3.05) is 65.1 Å². The first-order chi connectivity index (χ1) is 11.7. The fraction of sp³-hybridized carbons (Fsp3) is 1.00.